The van der Waals surface area contributed by atoms with Crippen molar-refractivity contribution in [2.24, 2.45) is 11.8 Å². The van der Waals surface area contributed by atoms with Crippen molar-refractivity contribution < 1.29 is 4.79 Å². The largest absolute Gasteiger partial charge is 0.356 e. The van der Waals surface area contributed by atoms with E-state index in [4.69, 9.17) is 0 Å². The minimum absolute atomic E-state index is 0.208. The zero-order valence-corrected chi connectivity index (χ0v) is 10.2. The maximum absolute atomic E-state index is 11.4. The van der Waals surface area contributed by atoms with Crippen LogP contribution in [0.15, 0.2) is 0 Å². The van der Waals surface area contributed by atoms with Gasteiger partial charge in [0.1, 0.15) is 0 Å². The molecule has 1 saturated carbocycles. The zero-order valence-electron chi connectivity index (χ0n) is 10.2. The van der Waals surface area contributed by atoms with Gasteiger partial charge in [-0.05, 0) is 31.2 Å². The van der Waals surface area contributed by atoms with E-state index in [-0.39, 0.29) is 5.91 Å². The second-order valence-electron chi connectivity index (χ2n) is 4.99. The maximum Gasteiger partial charge on any atom is 0.220 e. The van der Waals surface area contributed by atoms with E-state index in [0.717, 1.165) is 31.3 Å². The Kier molecular flexibility index (Phi) is 5.09. The Balaban J connectivity index is 1.89. The Morgan fingerprint density at radius 2 is 2.13 bits per heavy atom. The number of carbonyl (C=O) groups is 1. The molecule has 3 heteroatoms. The molecule has 15 heavy (non-hydrogen) atoms. The summed E-state index contributed by atoms with van der Waals surface area (Å²) in [5, 5.41) is 6.30. The Morgan fingerprint density at radius 1 is 1.47 bits per heavy atom. The van der Waals surface area contributed by atoms with Crippen LogP contribution in [0, 0.1) is 11.8 Å². The molecule has 0 aromatic heterocycles. The lowest BCUT2D eigenvalue weighted by molar-refractivity contribution is -0.121. The molecule has 2 unspecified atom stereocenters. The Labute approximate surface area is 93.0 Å². The van der Waals surface area contributed by atoms with Gasteiger partial charge in [-0.25, -0.2) is 0 Å². The van der Waals surface area contributed by atoms with Gasteiger partial charge in [-0.3, -0.25) is 4.79 Å². The third-order valence-corrected chi connectivity index (χ3v) is 2.97. The highest BCUT2D eigenvalue weighted by Crippen LogP contribution is 2.36. The van der Waals surface area contributed by atoms with Crippen LogP contribution in [-0.2, 0) is 4.79 Å². The SMILES string of the molecule is CC(C)NCCCC(=O)NCC1CC1C. The van der Waals surface area contributed by atoms with Crippen molar-refractivity contribution >= 4 is 5.91 Å². The number of hydrogen-bond acceptors (Lipinski definition) is 2. The number of carbonyl (C=O) groups excluding carboxylic acids is 1. The van der Waals surface area contributed by atoms with Gasteiger partial charge in [-0.1, -0.05) is 20.8 Å². The van der Waals surface area contributed by atoms with Crippen molar-refractivity contribution in [3.8, 4) is 0 Å². The molecule has 2 atom stereocenters. The molecule has 0 aromatic rings. The average Bonchev–Trinajstić information content (AvgIpc) is 2.86. The van der Waals surface area contributed by atoms with Crippen LogP contribution in [0.5, 0.6) is 0 Å². The minimum Gasteiger partial charge on any atom is -0.356 e. The fraction of sp³-hybridized carbons (Fsp3) is 0.917. The summed E-state index contributed by atoms with van der Waals surface area (Å²) in [6.07, 6.45) is 2.88. The number of hydrogen-bond donors (Lipinski definition) is 2. The molecule has 0 heterocycles. The molecule has 0 spiro atoms. The molecule has 1 amide bonds. The summed E-state index contributed by atoms with van der Waals surface area (Å²) < 4.78 is 0. The van der Waals surface area contributed by atoms with E-state index >= 15 is 0 Å². The first-order valence-electron chi connectivity index (χ1n) is 6.09. The fourth-order valence-corrected chi connectivity index (χ4v) is 1.66. The van der Waals surface area contributed by atoms with Gasteiger partial charge in [0.2, 0.25) is 5.91 Å². The van der Waals surface area contributed by atoms with Gasteiger partial charge < -0.3 is 10.6 Å². The fourth-order valence-electron chi connectivity index (χ4n) is 1.66. The van der Waals surface area contributed by atoms with E-state index in [2.05, 4.69) is 31.4 Å². The topological polar surface area (TPSA) is 41.1 Å². The number of rotatable bonds is 7. The third-order valence-electron chi connectivity index (χ3n) is 2.97. The highest BCUT2D eigenvalue weighted by molar-refractivity contribution is 5.75. The standard InChI is InChI=1S/C12H24N2O/c1-9(2)13-6-4-5-12(15)14-8-11-7-10(11)3/h9-11,13H,4-8H2,1-3H3,(H,14,15). The van der Waals surface area contributed by atoms with Crippen LogP contribution >= 0.6 is 0 Å². The van der Waals surface area contributed by atoms with Gasteiger partial charge in [-0.2, -0.15) is 0 Å². The average molecular weight is 212 g/mol. The van der Waals surface area contributed by atoms with E-state index in [0.29, 0.717) is 12.5 Å². The van der Waals surface area contributed by atoms with Crippen LogP contribution in [0.1, 0.15) is 40.0 Å². The van der Waals surface area contributed by atoms with Crippen molar-refractivity contribution in [2.45, 2.75) is 46.1 Å². The molecule has 0 bridgehead atoms. The van der Waals surface area contributed by atoms with Crippen LogP contribution in [0.2, 0.25) is 0 Å². The van der Waals surface area contributed by atoms with Crippen molar-refractivity contribution in [1.29, 1.82) is 0 Å². The summed E-state index contributed by atoms with van der Waals surface area (Å²) in [7, 11) is 0. The quantitative estimate of drug-likeness (QED) is 0.628. The van der Waals surface area contributed by atoms with E-state index in [1.54, 1.807) is 0 Å². The summed E-state index contributed by atoms with van der Waals surface area (Å²) >= 11 is 0. The molecular weight excluding hydrogens is 188 g/mol. The molecule has 1 aliphatic rings. The van der Waals surface area contributed by atoms with Gasteiger partial charge in [0, 0.05) is 19.0 Å². The third kappa shape index (κ3) is 5.78. The maximum atomic E-state index is 11.4. The second kappa shape index (κ2) is 6.11. The summed E-state index contributed by atoms with van der Waals surface area (Å²) in [6.45, 7) is 8.30. The first-order chi connectivity index (χ1) is 7.09. The van der Waals surface area contributed by atoms with Crippen molar-refractivity contribution in [3.63, 3.8) is 0 Å². The Bertz CT molecular complexity index is 204. The molecule has 2 N–H and O–H groups in total. The molecule has 1 fully saturated rings. The van der Waals surface area contributed by atoms with E-state index in [9.17, 15) is 4.79 Å². The predicted octanol–water partition coefficient (Wildman–Crippen LogP) is 1.54. The predicted molar refractivity (Wildman–Crippen MR) is 62.7 cm³/mol. The first kappa shape index (κ1) is 12.5. The Morgan fingerprint density at radius 3 is 2.67 bits per heavy atom. The lowest BCUT2D eigenvalue weighted by Crippen LogP contribution is -2.28. The van der Waals surface area contributed by atoms with E-state index < -0.39 is 0 Å². The zero-order chi connectivity index (χ0) is 11.3. The highest BCUT2D eigenvalue weighted by Gasteiger charge is 2.32. The summed E-state index contributed by atoms with van der Waals surface area (Å²) in [4.78, 5) is 11.4. The van der Waals surface area contributed by atoms with Gasteiger partial charge in [0.25, 0.3) is 0 Å². The smallest absolute Gasteiger partial charge is 0.220 e. The molecule has 0 aromatic carbocycles. The monoisotopic (exact) mass is 212 g/mol. The molecule has 1 rings (SSSR count). The highest BCUT2D eigenvalue weighted by atomic mass is 16.1. The second-order valence-corrected chi connectivity index (χ2v) is 4.99. The van der Waals surface area contributed by atoms with Crippen LogP contribution < -0.4 is 10.6 Å². The summed E-state index contributed by atoms with van der Waals surface area (Å²) in [6, 6.07) is 0.514. The molecule has 0 aliphatic heterocycles. The molecule has 0 saturated heterocycles. The van der Waals surface area contributed by atoms with Crippen LogP contribution in [0.4, 0.5) is 0 Å². The van der Waals surface area contributed by atoms with E-state index in [1.165, 1.54) is 6.42 Å². The lowest BCUT2D eigenvalue weighted by Gasteiger charge is -2.07. The molecular formula is C12H24N2O. The molecule has 1 aliphatic carbocycles. The molecule has 0 radical (unpaired) electrons. The van der Waals surface area contributed by atoms with Crippen LogP contribution in [0.25, 0.3) is 0 Å². The van der Waals surface area contributed by atoms with Crippen molar-refractivity contribution in [2.75, 3.05) is 13.1 Å². The van der Waals surface area contributed by atoms with Crippen LogP contribution in [0.3, 0.4) is 0 Å². The summed E-state index contributed by atoms with van der Waals surface area (Å²) in [5.74, 6) is 1.79. The van der Waals surface area contributed by atoms with Gasteiger partial charge >= 0.3 is 0 Å². The summed E-state index contributed by atoms with van der Waals surface area (Å²) in [5.41, 5.74) is 0. The normalized spacial score (nSPS) is 24.3. The first-order valence-corrected chi connectivity index (χ1v) is 6.09. The van der Waals surface area contributed by atoms with Gasteiger partial charge in [0.15, 0.2) is 0 Å². The lowest BCUT2D eigenvalue weighted by atomic mass is 10.2. The number of nitrogens with one attached hydrogen (secondary N) is 2. The van der Waals surface area contributed by atoms with Gasteiger partial charge in [0.05, 0.1) is 0 Å². The number of amides is 1. The minimum atomic E-state index is 0.208. The van der Waals surface area contributed by atoms with Gasteiger partial charge in [-0.15, -0.1) is 0 Å². The van der Waals surface area contributed by atoms with Crippen molar-refractivity contribution in [3.05, 3.63) is 0 Å². The van der Waals surface area contributed by atoms with Crippen molar-refractivity contribution in [1.82, 2.24) is 10.6 Å². The molecule has 3 nitrogen and oxygen atoms in total. The Hall–Kier alpha value is -0.570. The molecule has 88 valence electrons. The van der Waals surface area contributed by atoms with E-state index in [1.807, 2.05) is 0 Å². The van der Waals surface area contributed by atoms with Crippen LogP contribution in [-0.4, -0.2) is 25.0 Å².